The van der Waals surface area contributed by atoms with Crippen LogP contribution in [0.5, 0.6) is 0 Å². The SMILES string of the molecule is COCCOCCOCCOCCOCCOCCN1C(=CC=CC=CC=CC2=[N+](CCCCCC(=O)NCCNC(=O)c3ccc(C(=O)OC)c(P(c4ccccc4)c4ccccc4)c3)c3ccc(S(=O)(=O)O)cc3C2(C)CCCS(=O)(=O)O)C(C)(CCCS(=O)(=O)O)c2cc(S(=O)(=O)O)ccc21. The van der Waals surface area contributed by atoms with Crippen molar-refractivity contribution in [3.63, 3.8) is 0 Å². The zero-order valence-corrected chi connectivity index (χ0v) is 63.0. The number of carbonyl (C=O) groups is 3. The minimum atomic E-state index is -4.71. The Morgan fingerprint density at radius 1 is 0.548 bits per heavy atom. The Kier molecular flexibility index (Phi) is 32.7. The van der Waals surface area contributed by atoms with Gasteiger partial charge in [0, 0.05) is 85.0 Å². The van der Waals surface area contributed by atoms with E-state index >= 15 is 0 Å². The molecular formula is C73H94N4O22PS4+. The number of allylic oxidation sites excluding steroid dienone is 8. The second kappa shape index (κ2) is 40.5. The zero-order valence-electron chi connectivity index (χ0n) is 58.8. The van der Waals surface area contributed by atoms with E-state index in [9.17, 15) is 66.3 Å². The van der Waals surface area contributed by atoms with Crippen molar-refractivity contribution in [3.05, 3.63) is 186 Å². The second-order valence-electron chi connectivity index (χ2n) is 24.8. The molecular weight excluding hydrogens is 1440 g/mol. The van der Waals surface area contributed by atoms with E-state index in [2.05, 4.69) is 10.6 Å². The monoisotopic (exact) mass is 1540 g/mol. The third-order valence-corrected chi connectivity index (χ3v) is 23.2. The van der Waals surface area contributed by atoms with Crippen LogP contribution in [-0.2, 0) is 89.3 Å². The highest BCUT2D eigenvalue weighted by molar-refractivity contribution is 7.86. The number of hydrogen-bond acceptors (Lipinski definition) is 19. The number of carbonyl (C=O) groups excluding carboxylic acids is 3. The van der Waals surface area contributed by atoms with E-state index in [1.54, 1.807) is 80.0 Å². The van der Waals surface area contributed by atoms with Crippen LogP contribution in [0.3, 0.4) is 0 Å². The number of anilines is 1. The lowest BCUT2D eigenvalue weighted by atomic mass is 9.76. The number of amides is 2. The molecule has 0 aromatic heterocycles. The maximum atomic E-state index is 13.6. The van der Waals surface area contributed by atoms with Gasteiger partial charge in [0.05, 0.1) is 112 Å². The first-order valence-electron chi connectivity index (χ1n) is 33.9. The summed E-state index contributed by atoms with van der Waals surface area (Å²) < 4.78 is 178. The molecule has 0 fully saturated rings. The summed E-state index contributed by atoms with van der Waals surface area (Å²) >= 11 is 0. The van der Waals surface area contributed by atoms with Gasteiger partial charge in [-0.1, -0.05) is 91.0 Å². The van der Waals surface area contributed by atoms with Crippen LogP contribution in [0.15, 0.2) is 173 Å². The Balaban J connectivity index is 1.03. The number of methoxy groups -OCH3 is 2. The number of benzene rings is 5. The molecule has 0 bridgehead atoms. The number of fused-ring (bicyclic) bond motifs is 2. The highest BCUT2D eigenvalue weighted by Crippen LogP contribution is 2.51. The first-order valence-corrected chi connectivity index (χ1v) is 41.4. The lowest BCUT2D eigenvalue weighted by Gasteiger charge is -2.30. The average Bonchev–Trinajstić information content (AvgIpc) is 1.58. The molecule has 2 aliphatic heterocycles. The van der Waals surface area contributed by atoms with Gasteiger partial charge in [-0.3, -0.25) is 27.8 Å². The average molecular weight is 1540 g/mol. The van der Waals surface area contributed by atoms with E-state index in [1.165, 1.54) is 31.4 Å². The molecule has 2 heterocycles. The molecule has 31 heteroatoms. The van der Waals surface area contributed by atoms with Crippen molar-refractivity contribution in [3.8, 4) is 0 Å². The van der Waals surface area contributed by atoms with E-state index in [4.69, 9.17) is 33.2 Å². The first kappa shape index (κ1) is 84.0. The Morgan fingerprint density at radius 3 is 1.62 bits per heavy atom. The van der Waals surface area contributed by atoms with Crippen LogP contribution in [-0.4, -0.2) is 205 Å². The number of nitrogens with one attached hydrogen (secondary N) is 2. The second-order valence-corrected chi connectivity index (χ2v) is 33.0. The van der Waals surface area contributed by atoms with Gasteiger partial charge in [-0.05, 0) is 131 Å². The summed E-state index contributed by atoms with van der Waals surface area (Å²) in [5, 5.41) is 8.32. The molecule has 0 spiro atoms. The van der Waals surface area contributed by atoms with Crippen LogP contribution in [0, 0.1) is 0 Å². The minimum Gasteiger partial charge on any atom is -0.465 e. The van der Waals surface area contributed by atoms with Gasteiger partial charge < -0.3 is 48.7 Å². The zero-order chi connectivity index (χ0) is 75.4. The Bertz CT molecular complexity index is 4310. The van der Waals surface area contributed by atoms with E-state index in [0.29, 0.717) is 129 Å². The predicted molar refractivity (Wildman–Crippen MR) is 397 cm³/mol. The summed E-state index contributed by atoms with van der Waals surface area (Å²) in [5.41, 5.74) is 1.87. The number of unbranched alkanes of at least 4 members (excludes halogenated alkanes) is 2. The fourth-order valence-electron chi connectivity index (χ4n) is 12.4. The van der Waals surface area contributed by atoms with Crippen LogP contribution in [0.4, 0.5) is 11.4 Å². The van der Waals surface area contributed by atoms with Crippen molar-refractivity contribution < 1.29 is 104 Å². The molecule has 6 N–H and O–H groups in total. The smallest absolute Gasteiger partial charge is 0.338 e. The molecule has 2 aliphatic rings. The molecule has 566 valence electrons. The van der Waals surface area contributed by atoms with Gasteiger partial charge in [0.1, 0.15) is 6.54 Å². The minimum absolute atomic E-state index is 0.0260. The number of ether oxygens (including phenoxy) is 7. The van der Waals surface area contributed by atoms with Crippen LogP contribution >= 0.6 is 7.92 Å². The molecule has 2 amide bonds. The Hall–Kier alpha value is -7.23. The van der Waals surface area contributed by atoms with Gasteiger partial charge >= 0.3 is 5.97 Å². The van der Waals surface area contributed by atoms with E-state index in [0.717, 1.165) is 10.6 Å². The first-order chi connectivity index (χ1) is 49.6. The van der Waals surface area contributed by atoms with Crippen LogP contribution < -0.4 is 31.4 Å². The maximum Gasteiger partial charge on any atom is 0.338 e. The quantitative estimate of drug-likeness (QED) is 0.00545. The van der Waals surface area contributed by atoms with E-state index < -0.39 is 82.6 Å². The lowest BCUT2D eigenvalue weighted by molar-refractivity contribution is -0.438. The van der Waals surface area contributed by atoms with Gasteiger partial charge in [-0.25, -0.2) is 4.79 Å². The molecule has 2 unspecified atom stereocenters. The summed E-state index contributed by atoms with van der Waals surface area (Å²) in [6.45, 7) is 8.40. The van der Waals surface area contributed by atoms with Crippen molar-refractivity contribution in [1.82, 2.24) is 10.6 Å². The summed E-state index contributed by atoms with van der Waals surface area (Å²) in [6, 6.07) is 32.7. The number of nitrogens with zero attached hydrogens (tertiary/aromatic N) is 2. The van der Waals surface area contributed by atoms with Gasteiger partial charge in [0.2, 0.25) is 11.6 Å². The highest BCUT2D eigenvalue weighted by atomic mass is 32.2. The fourth-order valence-corrected chi connectivity index (χ4v) is 16.9. The van der Waals surface area contributed by atoms with Crippen LogP contribution in [0.1, 0.15) is 97.1 Å². The largest absolute Gasteiger partial charge is 0.465 e. The van der Waals surface area contributed by atoms with Crippen LogP contribution in [0.25, 0.3) is 0 Å². The van der Waals surface area contributed by atoms with Crippen molar-refractivity contribution in [2.24, 2.45) is 0 Å². The molecule has 5 aromatic carbocycles. The molecule has 5 aromatic rings. The molecule has 26 nitrogen and oxygen atoms in total. The highest BCUT2D eigenvalue weighted by Gasteiger charge is 2.48. The third kappa shape index (κ3) is 25.2. The topological polar surface area (TPSA) is 364 Å². The number of esters is 1. The van der Waals surface area contributed by atoms with E-state index in [1.807, 2.05) is 84.0 Å². The third-order valence-electron chi connectivity index (χ3n) is 17.5. The maximum absolute atomic E-state index is 13.6. The molecule has 0 aliphatic carbocycles. The molecule has 7 rings (SSSR count). The van der Waals surface area contributed by atoms with Crippen molar-refractivity contribution >= 4 is 99.2 Å². The summed E-state index contributed by atoms with van der Waals surface area (Å²) in [4.78, 5) is 41.1. The Labute approximate surface area is 611 Å². The predicted octanol–water partition coefficient (Wildman–Crippen LogP) is 7.58. The molecule has 0 radical (unpaired) electrons. The standard InChI is InChI=1S/C73H93N4O22PS4/c1-72(34-19-51-101(81,82)83)62-54-59(103(87,88)89)29-32-64(62)76(38-18-10-17-27-69(78)74-36-37-75-70(79)56-28-31-61(71(80)94-4)66(53-56)100(57-21-11-8-12-22-57)58-23-13-9-14-24-58)67(72)25-15-6-5-7-16-26-68-73(2,35-20-52-102(84,85)86)63-55-60(104(90,91)92)30-33-65(63)77(68)39-40-95-43-44-97-47-48-99-50-49-98-46-45-96-42-41-93-3/h5-9,11-16,21-26,28-33,53-55H,10,17-20,27,34-52H2,1-4H3,(H5-,74,75,78,79,81,82,83,84,85,86,87,88,89,90,91,92)/p+1. The van der Waals surface area contributed by atoms with Gasteiger partial charge in [-0.2, -0.15) is 38.2 Å². The van der Waals surface area contributed by atoms with E-state index in [-0.39, 0.29) is 87.3 Å². The molecule has 0 saturated carbocycles. The summed E-state index contributed by atoms with van der Waals surface area (Å²) in [6.07, 6.45) is 14.1. The number of rotatable bonds is 46. The van der Waals surface area contributed by atoms with Gasteiger partial charge in [0.15, 0.2) is 5.71 Å². The summed E-state index contributed by atoms with van der Waals surface area (Å²) in [5.74, 6) is -2.35. The van der Waals surface area contributed by atoms with Crippen molar-refractivity contribution in [2.75, 3.05) is 129 Å². The lowest BCUT2D eigenvalue weighted by Crippen LogP contribution is -2.35. The fraction of sp³-hybridized carbons (Fsp3) is 0.425. The van der Waals surface area contributed by atoms with Gasteiger partial charge in [-0.15, -0.1) is 0 Å². The van der Waals surface area contributed by atoms with Crippen LogP contribution in [0.2, 0.25) is 0 Å². The molecule has 104 heavy (non-hydrogen) atoms. The van der Waals surface area contributed by atoms with Crippen molar-refractivity contribution in [2.45, 2.75) is 85.8 Å². The molecule has 2 atom stereocenters. The summed E-state index contributed by atoms with van der Waals surface area (Å²) in [7, 11) is -16.6. The normalized spacial score (nSPS) is 16.7. The van der Waals surface area contributed by atoms with Gasteiger partial charge in [0.25, 0.3) is 46.4 Å². The molecule has 0 saturated heterocycles. The van der Waals surface area contributed by atoms with Crippen molar-refractivity contribution in [1.29, 1.82) is 0 Å². The number of hydrogen-bond donors (Lipinski definition) is 6. The Morgan fingerprint density at radius 2 is 1.07 bits per heavy atom.